The summed E-state index contributed by atoms with van der Waals surface area (Å²) >= 11 is 0. The summed E-state index contributed by atoms with van der Waals surface area (Å²) in [5.41, 5.74) is 1.92. The first-order valence-corrected chi connectivity index (χ1v) is 9.39. The third-order valence-electron chi connectivity index (χ3n) is 2.09. The van der Waals surface area contributed by atoms with E-state index in [4.69, 9.17) is 0 Å². The molecule has 0 bridgehead atoms. The minimum atomic E-state index is 0. The number of aromatic nitrogens is 6. The number of nitrogens with zero attached hydrogens (tertiary/aromatic N) is 6. The molecule has 29 heavy (non-hydrogen) atoms. The van der Waals surface area contributed by atoms with E-state index in [0.29, 0.717) is 0 Å². The lowest BCUT2D eigenvalue weighted by Gasteiger charge is -1.81. The molecule has 3 aromatic rings. The summed E-state index contributed by atoms with van der Waals surface area (Å²) in [7, 11) is 0. The van der Waals surface area contributed by atoms with Crippen LogP contribution in [0.4, 0.5) is 0 Å². The standard InChI is InChI=1S/3C5H6N2.3C2H6.2CH4/c1-5-4-6-2-3-7-5;1-5-6-3-2-4-7-5;1-5-3-2-4-6-7-5;3*1-2;;/h3*2-4H,1H3;3*1-2H3;2*1H4. The van der Waals surface area contributed by atoms with Gasteiger partial charge in [-0.1, -0.05) is 56.4 Å². The van der Waals surface area contributed by atoms with Crippen LogP contribution in [-0.4, -0.2) is 30.1 Å². The van der Waals surface area contributed by atoms with Crippen molar-refractivity contribution in [2.45, 2.75) is 77.2 Å². The van der Waals surface area contributed by atoms with Gasteiger partial charge in [-0.2, -0.15) is 10.2 Å². The van der Waals surface area contributed by atoms with Gasteiger partial charge in [-0.25, -0.2) is 9.97 Å². The summed E-state index contributed by atoms with van der Waals surface area (Å²) in [6.45, 7) is 17.7. The highest BCUT2D eigenvalue weighted by Crippen LogP contribution is 1.82. The normalized spacial score (nSPS) is 6.93. The van der Waals surface area contributed by atoms with E-state index in [2.05, 4.69) is 30.1 Å². The van der Waals surface area contributed by atoms with Gasteiger partial charge in [-0.3, -0.25) is 9.97 Å². The molecule has 166 valence electrons. The van der Waals surface area contributed by atoms with Gasteiger partial charge < -0.3 is 0 Å². The predicted molar refractivity (Wildman–Crippen MR) is 128 cm³/mol. The summed E-state index contributed by atoms with van der Waals surface area (Å²) in [6, 6.07) is 5.57. The van der Waals surface area contributed by atoms with Crippen LogP contribution >= 0.6 is 0 Å². The van der Waals surface area contributed by atoms with Crippen molar-refractivity contribution in [3.63, 3.8) is 0 Å². The van der Waals surface area contributed by atoms with Crippen LogP contribution in [0.3, 0.4) is 0 Å². The fourth-order valence-electron chi connectivity index (χ4n) is 1.13. The van der Waals surface area contributed by atoms with Crippen molar-refractivity contribution in [2.24, 2.45) is 0 Å². The quantitative estimate of drug-likeness (QED) is 0.414. The zero-order chi connectivity index (χ0) is 21.3. The topological polar surface area (TPSA) is 77.3 Å². The van der Waals surface area contributed by atoms with E-state index in [1.807, 2.05) is 74.4 Å². The van der Waals surface area contributed by atoms with E-state index in [1.54, 1.807) is 43.2 Å². The van der Waals surface area contributed by atoms with E-state index >= 15 is 0 Å². The van der Waals surface area contributed by atoms with Gasteiger partial charge in [0.05, 0.1) is 11.4 Å². The molecule has 0 aliphatic heterocycles. The first kappa shape index (κ1) is 37.1. The van der Waals surface area contributed by atoms with Crippen LogP contribution in [-0.2, 0) is 0 Å². The van der Waals surface area contributed by atoms with Crippen LogP contribution in [0, 0.1) is 20.8 Å². The summed E-state index contributed by atoms with van der Waals surface area (Å²) in [4.78, 5) is 15.5. The third kappa shape index (κ3) is 30.2. The Kier molecular flexibility index (Phi) is 42.0. The van der Waals surface area contributed by atoms with E-state index in [-0.39, 0.29) is 14.9 Å². The minimum Gasteiger partial charge on any atom is -0.261 e. The number of hydrogen-bond donors (Lipinski definition) is 0. The molecular weight excluding hydrogens is 360 g/mol. The Morgan fingerprint density at radius 1 is 0.586 bits per heavy atom. The van der Waals surface area contributed by atoms with Crippen LogP contribution in [0.2, 0.25) is 0 Å². The van der Waals surface area contributed by atoms with Gasteiger partial charge in [0.2, 0.25) is 0 Å². The molecule has 0 aromatic carbocycles. The van der Waals surface area contributed by atoms with Gasteiger partial charge in [0.25, 0.3) is 0 Å². The maximum Gasteiger partial charge on any atom is 0.125 e. The smallest absolute Gasteiger partial charge is 0.125 e. The van der Waals surface area contributed by atoms with Crippen LogP contribution in [0.1, 0.15) is 73.6 Å². The Bertz CT molecular complexity index is 500. The lowest BCUT2D eigenvalue weighted by atomic mass is 10.4. The average molecular weight is 405 g/mol. The molecule has 0 N–H and O–H groups in total. The average Bonchev–Trinajstić information content (AvgIpc) is 2.75. The number of rotatable bonds is 0. The SMILES string of the molecule is C.C.CC.CC.CC.Cc1cccnn1.Cc1cnccn1.Cc1ncccn1. The Balaban J connectivity index is -0.0000000853. The summed E-state index contributed by atoms with van der Waals surface area (Å²) in [6.07, 6.45) is 10.2. The second kappa shape index (κ2) is 32.9. The Morgan fingerprint density at radius 2 is 1.14 bits per heavy atom. The molecule has 0 radical (unpaired) electrons. The van der Waals surface area contributed by atoms with E-state index in [0.717, 1.165) is 17.2 Å². The van der Waals surface area contributed by atoms with E-state index < -0.39 is 0 Å². The first-order valence-electron chi connectivity index (χ1n) is 9.39. The molecule has 6 heteroatoms. The molecule has 0 saturated heterocycles. The molecule has 0 fully saturated rings. The summed E-state index contributed by atoms with van der Waals surface area (Å²) in [5, 5.41) is 7.36. The molecule has 0 unspecified atom stereocenters. The number of hydrogen-bond acceptors (Lipinski definition) is 6. The summed E-state index contributed by atoms with van der Waals surface area (Å²) in [5.74, 6) is 0.822. The van der Waals surface area contributed by atoms with Gasteiger partial charge >= 0.3 is 0 Å². The van der Waals surface area contributed by atoms with Crippen molar-refractivity contribution in [3.8, 4) is 0 Å². The molecule has 6 nitrogen and oxygen atoms in total. The molecule has 3 aromatic heterocycles. The third-order valence-corrected chi connectivity index (χ3v) is 2.09. The Morgan fingerprint density at radius 3 is 1.34 bits per heavy atom. The van der Waals surface area contributed by atoms with Crippen molar-refractivity contribution < 1.29 is 0 Å². The van der Waals surface area contributed by atoms with Crippen molar-refractivity contribution in [2.75, 3.05) is 0 Å². The van der Waals surface area contributed by atoms with Gasteiger partial charge in [0.15, 0.2) is 0 Å². The van der Waals surface area contributed by atoms with Gasteiger partial charge in [-0.05, 0) is 39.0 Å². The highest BCUT2D eigenvalue weighted by molar-refractivity contribution is 4.94. The predicted octanol–water partition coefficient (Wildman–Crippen LogP) is 6.71. The van der Waals surface area contributed by atoms with Crippen molar-refractivity contribution >= 4 is 0 Å². The van der Waals surface area contributed by atoms with Gasteiger partial charge in [-0.15, -0.1) is 0 Å². The second-order valence-corrected chi connectivity index (χ2v) is 4.01. The fraction of sp³-hybridized carbons (Fsp3) is 0.478. The van der Waals surface area contributed by atoms with Gasteiger partial charge in [0.1, 0.15) is 5.82 Å². The summed E-state index contributed by atoms with van der Waals surface area (Å²) < 4.78 is 0. The molecule has 3 heterocycles. The molecule has 0 saturated carbocycles. The van der Waals surface area contributed by atoms with E-state index in [1.165, 1.54) is 0 Å². The van der Waals surface area contributed by atoms with Crippen LogP contribution in [0.15, 0.2) is 55.4 Å². The van der Waals surface area contributed by atoms with Gasteiger partial charge in [0, 0.05) is 37.2 Å². The lowest BCUT2D eigenvalue weighted by Crippen LogP contribution is -1.80. The van der Waals surface area contributed by atoms with Crippen molar-refractivity contribution in [1.29, 1.82) is 0 Å². The van der Waals surface area contributed by atoms with Crippen molar-refractivity contribution in [3.05, 3.63) is 72.6 Å². The molecule has 0 amide bonds. The maximum atomic E-state index is 3.92. The fourth-order valence-corrected chi connectivity index (χ4v) is 1.13. The molecule has 0 aliphatic carbocycles. The Labute approximate surface area is 180 Å². The second-order valence-electron chi connectivity index (χ2n) is 4.01. The van der Waals surface area contributed by atoms with Crippen LogP contribution in [0.5, 0.6) is 0 Å². The monoisotopic (exact) mass is 404 g/mol. The largest absolute Gasteiger partial charge is 0.261 e. The minimum absolute atomic E-state index is 0. The molecule has 0 atom stereocenters. The molecular formula is C23H44N6. The maximum absolute atomic E-state index is 3.92. The lowest BCUT2D eigenvalue weighted by molar-refractivity contribution is 0.980. The molecule has 0 aliphatic rings. The zero-order valence-electron chi connectivity index (χ0n) is 18.4. The highest BCUT2D eigenvalue weighted by atomic mass is 15.1. The van der Waals surface area contributed by atoms with Crippen LogP contribution in [0.25, 0.3) is 0 Å². The van der Waals surface area contributed by atoms with Crippen molar-refractivity contribution in [1.82, 2.24) is 30.1 Å². The first-order chi connectivity index (χ1) is 13.2. The van der Waals surface area contributed by atoms with Crippen LogP contribution < -0.4 is 0 Å². The number of aryl methyl sites for hydroxylation is 3. The van der Waals surface area contributed by atoms with E-state index in [9.17, 15) is 0 Å². The molecule has 3 rings (SSSR count). The highest BCUT2D eigenvalue weighted by Gasteiger charge is 1.76. The Hall–Kier alpha value is -2.76. The zero-order valence-corrected chi connectivity index (χ0v) is 18.4. The molecule has 0 spiro atoms.